The number of piperidine rings is 1. The summed E-state index contributed by atoms with van der Waals surface area (Å²) in [4.78, 5) is 29.2. The molecule has 2 atom stereocenters. The van der Waals surface area contributed by atoms with E-state index in [2.05, 4.69) is 5.32 Å². The van der Waals surface area contributed by atoms with Crippen molar-refractivity contribution >= 4 is 17.8 Å². The normalized spacial score (nSPS) is 22.9. The van der Waals surface area contributed by atoms with Gasteiger partial charge in [0.15, 0.2) is 0 Å². The van der Waals surface area contributed by atoms with Gasteiger partial charge in [-0.3, -0.25) is 0 Å². The molecule has 6 nitrogen and oxygen atoms in total. The molecule has 1 N–H and O–H groups in total. The van der Waals surface area contributed by atoms with Gasteiger partial charge in [0.1, 0.15) is 11.4 Å². The van der Waals surface area contributed by atoms with Crippen LogP contribution in [0.4, 0.5) is 19.7 Å². The highest BCUT2D eigenvalue weighted by atomic mass is 19.1. The van der Waals surface area contributed by atoms with E-state index < -0.39 is 5.60 Å². The molecule has 2 aliphatic rings. The molecule has 2 saturated heterocycles. The first-order chi connectivity index (χ1) is 13.2. The van der Waals surface area contributed by atoms with Crippen molar-refractivity contribution in [1.82, 2.24) is 9.80 Å². The van der Waals surface area contributed by atoms with Gasteiger partial charge < -0.3 is 19.9 Å². The van der Waals surface area contributed by atoms with Crippen LogP contribution in [0.15, 0.2) is 24.3 Å². The molecule has 1 aromatic carbocycles. The zero-order chi connectivity index (χ0) is 20.3. The lowest BCUT2D eigenvalue weighted by atomic mass is 9.94. The second-order valence-electron chi connectivity index (χ2n) is 8.58. The van der Waals surface area contributed by atoms with Gasteiger partial charge in [0.05, 0.1) is 12.1 Å². The highest BCUT2D eigenvalue weighted by Gasteiger charge is 2.41. The summed E-state index contributed by atoms with van der Waals surface area (Å²) in [6, 6.07) is 5.48. The van der Waals surface area contributed by atoms with Gasteiger partial charge in [-0.1, -0.05) is 0 Å². The summed E-state index contributed by atoms with van der Waals surface area (Å²) < 4.78 is 18.7. The summed E-state index contributed by atoms with van der Waals surface area (Å²) in [6.07, 6.45) is 4.30. The molecular formula is C21H30FN3O3. The number of carbonyl (C=O) groups excluding carboxylic acids is 2. The summed E-state index contributed by atoms with van der Waals surface area (Å²) in [5, 5.41) is 2.86. The number of amides is 3. The molecule has 7 heteroatoms. The van der Waals surface area contributed by atoms with Crippen LogP contribution in [0.2, 0.25) is 0 Å². The fraction of sp³-hybridized carbons (Fsp3) is 0.619. The number of likely N-dealkylation sites (tertiary alicyclic amines) is 2. The molecule has 3 rings (SSSR count). The van der Waals surface area contributed by atoms with Gasteiger partial charge >= 0.3 is 12.1 Å². The number of ether oxygens (including phenoxy) is 1. The number of carbonyl (C=O) groups is 2. The molecule has 28 heavy (non-hydrogen) atoms. The fourth-order valence-corrected chi connectivity index (χ4v) is 4.08. The van der Waals surface area contributed by atoms with E-state index in [0.717, 1.165) is 32.1 Å². The van der Waals surface area contributed by atoms with Crippen LogP contribution in [0.1, 0.15) is 52.9 Å². The Morgan fingerprint density at radius 3 is 2.29 bits per heavy atom. The molecule has 0 aliphatic carbocycles. The van der Waals surface area contributed by atoms with E-state index in [0.29, 0.717) is 18.8 Å². The van der Waals surface area contributed by atoms with Gasteiger partial charge in [-0.2, -0.15) is 0 Å². The number of halogens is 1. The summed E-state index contributed by atoms with van der Waals surface area (Å²) in [5.74, 6) is -0.340. The Bertz CT molecular complexity index is 702. The quantitative estimate of drug-likeness (QED) is 0.801. The largest absolute Gasteiger partial charge is 0.444 e. The maximum atomic E-state index is 13.1. The van der Waals surface area contributed by atoms with Crippen molar-refractivity contribution in [3.63, 3.8) is 0 Å². The van der Waals surface area contributed by atoms with Crippen molar-refractivity contribution in [2.24, 2.45) is 0 Å². The van der Waals surface area contributed by atoms with E-state index in [1.165, 1.54) is 12.1 Å². The Labute approximate surface area is 166 Å². The number of hydrogen-bond acceptors (Lipinski definition) is 3. The number of benzene rings is 1. The molecule has 2 heterocycles. The average molecular weight is 391 g/mol. The second kappa shape index (κ2) is 8.37. The van der Waals surface area contributed by atoms with Crippen LogP contribution in [0.25, 0.3) is 0 Å². The topological polar surface area (TPSA) is 61.9 Å². The van der Waals surface area contributed by atoms with Gasteiger partial charge in [-0.25, -0.2) is 14.0 Å². The number of anilines is 1. The van der Waals surface area contributed by atoms with E-state index >= 15 is 0 Å². The highest BCUT2D eigenvalue weighted by molar-refractivity contribution is 5.89. The molecule has 0 bridgehead atoms. The van der Waals surface area contributed by atoms with Crippen molar-refractivity contribution in [2.45, 2.75) is 70.6 Å². The molecule has 154 valence electrons. The summed E-state index contributed by atoms with van der Waals surface area (Å²) in [7, 11) is 0. The molecule has 0 radical (unpaired) electrons. The molecular weight excluding hydrogens is 361 g/mol. The van der Waals surface area contributed by atoms with E-state index in [1.807, 2.05) is 25.7 Å². The third-order valence-electron chi connectivity index (χ3n) is 5.28. The number of urea groups is 1. The first-order valence-corrected chi connectivity index (χ1v) is 10.1. The van der Waals surface area contributed by atoms with Crippen LogP contribution in [0, 0.1) is 5.82 Å². The van der Waals surface area contributed by atoms with Gasteiger partial charge in [-0.15, -0.1) is 0 Å². The number of nitrogens with zero attached hydrogens (tertiary/aromatic N) is 2. The second-order valence-corrected chi connectivity index (χ2v) is 8.58. The first-order valence-electron chi connectivity index (χ1n) is 10.1. The van der Waals surface area contributed by atoms with Gasteiger partial charge in [-0.05, 0) is 77.1 Å². The van der Waals surface area contributed by atoms with Crippen LogP contribution in [-0.4, -0.2) is 52.7 Å². The molecule has 0 spiro atoms. The zero-order valence-electron chi connectivity index (χ0n) is 16.9. The Balaban J connectivity index is 1.71. The van der Waals surface area contributed by atoms with E-state index in [-0.39, 0.29) is 30.0 Å². The molecule has 2 fully saturated rings. The Hall–Kier alpha value is -2.31. The monoisotopic (exact) mass is 391 g/mol. The van der Waals surface area contributed by atoms with Crippen LogP contribution in [0.5, 0.6) is 0 Å². The number of nitrogens with one attached hydrogen (secondary N) is 1. The molecule has 3 amide bonds. The molecule has 0 unspecified atom stereocenters. The van der Waals surface area contributed by atoms with Crippen LogP contribution in [0.3, 0.4) is 0 Å². The lowest BCUT2D eigenvalue weighted by Crippen LogP contribution is -2.56. The lowest BCUT2D eigenvalue weighted by molar-refractivity contribution is 0.0121. The van der Waals surface area contributed by atoms with E-state index in [9.17, 15) is 14.0 Å². The third kappa shape index (κ3) is 4.94. The number of hydrogen-bond donors (Lipinski definition) is 1. The van der Waals surface area contributed by atoms with Crippen molar-refractivity contribution in [2.75, 3.05) is 18.4 Å². The van der Waals surface area contributed by atoms with Gasteiger partial charge in [0.25, 0.3) is 0 Å². The van der Waals surface area contributed by atoms with Crippen molar-refractivity contribution in [1.29, 1.82) is 0 Å². The predicted octanol–water partition coefficient (Wildman–Crippen LogP) is 4.61. The summed E-state index contributed by atoms with van der Waals surface area (Å²) in [6.45, 7) is 6.89. The van der Waals surface area contributed by atoms with Gasteiger partial charge in [0.2, 0.25) is 0 Å². The molecule has 0 saturated carbocycles. The minimum Gasteiger partial charge on any atom is -0.444 e. The average Bonchev–Trinajstić information content (AvgIpc) is 3.12. The zero-order valence-corrected chi connectivity index (χ0v) is 16.9. The maximum absolute atomic E-state index is 13.1. The van der Waals surface area contributed by atoms with Crippen LogP contribution < -0.4 is 5.32 Å². The Kier molecular flexibility index (Phi) is 6.10. The maximum Gasteiger partial charge on any atom is 0.410 e. The summed E-state index contributed by atoms with van der Waals surface area (Å²) >= 11 is 0. The Morgan fingerprint density at radius 1 is 1.00 bits per heavy atom. The fourth-order valence-electron chi connectivity index (χ4n) is 4.08. The number of rotatable bonds is 2. The van der Waals surface area contributed by atoms with E-state index in [1.54, 1.807) is 17.0 Å². The van der Waals surface area contributed by atoms with Gasteiger partial charge in [0, 0.05) is 18.8 Å². The van der Waals surface area contributed by atoms with Crippen molar-refractivity contribution in [3.8, 4) is 0 Å². The van der Waals surface area contributed by atoms with E-state index in [4.69, 9.17) is 4.74 Å². The summed E-state index contributed by atoms with van der Waals surface area (Å²) in [5.41, 5.74) is 0.0160. The smallest absolute Gasteiger partial charge is 0.410 e. The minimum atomic E-state index is -0.545. The first kappa shape index (κ1) is 20.4. The molecule has 0 aromatic heterocycles. The minimum absolute atomic E-state index is 0.0332. The molecule has 2 aliphatic heterocycles. The molecule has 1 aromatic rings. The van der Waals surface area contributed by atoms with Crippen LogP contribution in [-0.2, 0) is 4.74 Å². The van der Waals surface area contributed by atoms with Crippen LogP contribution >= 0.6 is 0 Å². The SMILES string of the molecule is CC(C)(C)OC(=O)N1CCC[C@H]1[C@H]1CCCCN1C(=O)Nc1ccc(F)cc1. The van der Waals surface area contributed by atoms with Crippen molar-refractivity contribution in [3.05, 3.63) is 30.1 Å². The highest BCUT2D eigenvalue weighted by Crippen LogP contribution is 2.31. The Morgan fingerprint density at radius 2 is 1.61 bits per heavy atom. The standard InChI is InChI=1S/C21H30FN3O3/c1-21(2,3)28-20(27)25-14-6-8-18(25)17-7-4-5-13-24(17)19(26)23-16-11-9-15(22)10-12-16/h9-12,17-18H,4-8,13-14H2,1-3H3,(H,23,26)/t17-,18+/m1/s1. The third-order valence-corrected chi connectivity index (χ3v) is 5.28. The lowest BCUT2D eigenvalue weighted by Gasteiger charge is -2.42. The predicted molar refractivity (Wildman–Crippen MR) is 106 cm³/mol. The van der Waals surface area contributed by atoms with Crippen molar-refractivity contribution < 1.29 is 18.7 Å².